The van der Waals surface area contributed by atoms with Crippen molar-refractivity contribution in [2.24, 2.45) is 0 Å². The summed E-state index contributed by atoms with van der Waals surface area (Å²) in [6.07, 6.45) is 12.6. The summed E-state index contributed by atoms with van der Waals surface area (Å²) in [5.74, 6) is 0.529. The number of piperidine rings is 2. The Kier molecular flexibility index (Phi) is 3.01. The minimum absolute atomic E-state index is 0.529. The smallest absolute Gasteiger partial charge is 0.136 e. The predicted octanol–water partition coefficient (Wildman–Crippen LogP) is 2.91. The lowest BCUT2D eigenvalue weighted by molar-refractivity contribution is -0.129. The van der Waals surface area contributed by atoms with Crippen LogP contribution in [-0.4, -0.2) is 28.8 Å². The van der Waals surface area contributed by atoms with E-state index in [0.717, 1.165) is 18.9 Å². The molecule has 0 aromatic carbocycles. The van der Waals surface area contributed by atoms with Gasteiger partial charge in [0.25, 0.3) is 0 Å². The largest absolute Gasteiger partial charge is 0.300 e. The number of carbonyl (C=O) groups is 1. The van der Waals surface area contributed by atoms with E-state index in [-0.39, 0.29) is 0 Å². The highest BCUT2D eigenvalue weighted by Crippen LogP contribution is 2.37. The molecule has 2 nitrogen and oxygen atoms in total. The van der Waals surface area contributed by atoms with Crippen LogP contribution in [0.2, 0.25) is 0 Å². The lowest BCUT2D eigenvalue weighted by Gasteiger charge is -2.50. The van der Waals surface area contributed by atoms with Crippen molar-refractivity contribution in [2.45, 2.75) is 82.3 Å². The Balaban J connectivity index is 1.75. The van der Waals surface area contributed by atoms with Crippen molar-refractivity contribution in [2.75, 3.05) is 0 Å². The van der Waals surface area contributed by atoms with Gasteiger partial charge in [-0.2, -0.15) is 0 Å². The topological polar surface area (TPSA) is 20.3 Å². The van der Waals surface area contributed by atoms with Gasteiger partial charge in [-0.15, -0.1) is 0 Å². The average Bonchev–Trinajstić information content (AvgIpc) is 2.29. The van der Waals surface area contributed by atoms with Crippen LogP contribution in [0.5, 0.6) is 0 Å². The molecule has 0 amide bonds. The molecule has 2 heterocycles. The van der Waals surface area contributed by atoms with Crippen LogP contribution in [0.25, 0.3) is 0 Å². The van der Waals surface area contributed by atoms with E-state index < -0.39 is 0 Å². The number of carbonyl (C=O) groups excluding carboxylic acids is 1. The van der Waals surface area contributed by atoms with Crippen molar-refractivity contribution in [1.82, 2.24) is 4.90 Å². The third kappa shape index (κ3) is 1.92. The Labute approximate surface area is 98.4 Å². The van der Waals surface area contributed by atoms with Crippen molar-refractivity contribution in [3.05, 3.63) is 0 Å². The molecule has 2 atom stereocenters. The molecular formula is C14H23NO. The lowest BCUT2D eigenvalue weighted by atomic mass is 9.80. The molecule has 2 aliphatic heterocycles. The number of fused-ring (bicyclic) bond motifs is 2. The Morgan fingerprint density at radius 3 is 1.94 bits per heavy atom. The highest BCUT2D eigenvalue weighted by Gasteiger charge is 2.40. The molecule has 1 saturated carbocycles. The zero-order chi connectivity index (χ0) is 11.0. The SMILES string of the molecule is O=C1C[C@H]2CCC[C@@H](C1)N2C1CCCCC1. The fraction of sp³-hybridized carbons (Fsp3) is 0.929. The van der Waals surface area contributed by atoms with Crippen LogP contribution < -0.4 is 0 Å². The molecule has 3 fully saturated rings. The molecule has 16 heavy (non-hydrogen) atoms. The fourth-order valence-corrected chi connectivity index (χ4v) is 4.18. The normalized spacial score (nSPS) is 37.6. The molecule has 0 aromatic heterocycles. The van der Waals surface area contributed by atoms with E-state index in [1.807, 2.05) is 0 Å². The number of nitrogens with zero attached hydrogens (tertiary/aromatic N) is 1. The van der Waals surface area contributed by atoms with Crippen molar-refractivity contribution in [1.29, 1.82) is 0 Å². The van der Waals surface area contributed by atoms with Gasteiger partial charge in [0.15, 0.2) is 0 Å². The van der Waals surface area contributed by atoms with Gasteiger partial charge < -0.3 is 0 Å². The lowest BCUT2D eigenvalue weighted by Crippen LogP contribution is -2.56. The Bertz CT molecular complexity index is 254. The van der Waals surface area contributed by atoms with Crippen LogP contribution in [-0.2, 0) is 4.79 Å². The maximum absolute atomic E-state index is 11.7. The van der Waals surface area contributed by atoms with E-state index in [1.54, 1.807) is 0 Å². The number of ketones is 1. The van der Waals surface area contributed by atoms with E-state index in [0.29, 0.717) is 17.9 Å². The molecule has 0 unspecified atom stereocenters. The molecule has 90 valence electrons. The molecule has 3 aliphatic rings. The maximum atomic E-state index is 11.7. The first kappa shape index (κ1) is 10.8. The molecule has 1 aliphatic carbocycles. The van der Waals surface area contributed by atoms with Crippen molar-refractivity contribution >= 4 is 5.78 Å². The minimum Gasteiger partial charge on any atom is -0.300 e. The number of rotatable bonds is 1. The summed E-state index contributed by atoms with van der Waals surface area (Å²) >= 11 is 0. The zero-order valence-corrected chi connectivity index (χ0v) is 10.2. The van der Waals surface area contributed by atoms with E-state index in [1.165, 1.54) is 51.4 Å². The van der Waals surface area contributed by atoms with Gasteiger partial charge >= 0.3 is 0 Å². The van der Waals surface area contributed by atoms with E-state index in [9.17, 15) is 4.79 Å². The first-order valence-corrected chi connectivity index (χ1v) is 7.14. The molecule has 0 N–H and O–H groups in total. The summed E-state index contributed by atoms with van der Waals surface area (Å²) in [7, 11) is 0. The zero-order valence-electron chi connectivity index (χ0n) is 10.2. The van der Waals surface area contributed by atoms with Gasteiger partial charge in [0.2, 0.25) is 0 Å². The van der Waals surface area contributed by atoms with Crippen molar-refractivity contribution in [3.8, 4) is 0 Å². The summed E-state index contributed by atoms with van der Waals surface area (Å²) in [5, 5.41) is 0. The molecule has 2 bridgehead atoms. The van der Waals surface area contributed by atoms with Gasteiger partial charge in [-0.25, -0.2) is 0 Å². The van der Waals surface area contributed by atoms with Crippen LogP contribution in [0.15, 0.2) is 0 Å². The quantitative estimate of drug-likeness (QED) is 0.678. The Morgan fingerprint density at radius 2 is 1.31 bits per heavy atom. The van der Waals surface area contributed by atoms with Gasteiger partial charge in [0.05, 0.1) is 0 Å². The molecule has 0 spiro atoms. The van der Waals surface area contributed by atoms with Gasteiger partial charge in [-0.3, -0.25) is 9.69 Å². The van der Waals surface area contributed by atoms with Crippen LogP contribution in [0.3, 0.4) is 0 Å². The molecule has 2 saturated heterocycles. The second-order valence-corrected chi connectivity index (χ2v) is 5.92. The highest BCUT2D eigenvalue weighted by molar-refractivity contribution is 5.80. The number of Topliss-reactive ketones (excluding diaryl/α,β-unsaturated/α-hetero) is 1. The molecule has 3 rings (SSSR count). The van der Waals surface area contributed by atoms with Crippen molar-refractivity contribution < 1.29 is 4.79 Å². The second kappa shape index (κ2) is 4.48. The monoisotopic (exact) mass is 221 g/mol. The summed E-state index contributed by atoms with van der Waals surface area (Å²) in [6.45, 7) is 0. The molecular weight excluding hydrogens is 198 g/mol. The first-order valence-electron chi connectivity index (χ1n) is 7.14. The number of hydrogen-bond acceptors (Lipinski definition) is 2. The van der Waals surface area contributed by atoms with Crippen LogP contribution in [0.1, 0.15) is 64.2 Å². The van der Waals surface area contributed by atoms with E-state index in [2.05, 4.69) is 4.90 Å². The van der Waals surface area contributed by atoms with Gasteiger partial charge in [-0.05, 0) is 25.7 Å². The molecule has 2 heteroatoms. The third-order valence-electron chi connectivity index (χ3n) is 4.84. The molecule has 0 radical (unpaired) electrons. The maximum Gasteiger partial charge on any atom is 0.136 e. The van der Waals surface area contributed by atoms with Crippen LogP contribution in [0.4, 0.5) is 0 Å². The minimum atomic E-state index is 0.529. The standard InChI is InChI=1S/C14H23NO/c16-14-9-12-7-4-8-13(10-14)15(12)11-5-2-1-3-6-11/h11-13H,1-10H2/t12-,13+. The summed E-state index contributed by atoms with van der Waals surface area (Å²) in [5.41, 5.74) is 0. The average molecular weight is 221 g/mol. The van der Waals surface area contributed by atoms with E-state index in [4.69, 9.17) is 0 Å². The van der Waals surface area contributed by atoms with Gasteiger partial charge in [-0.1, -0.05) is 25.7 Å². The third-order valence-corrected chi connectivity index (χ3v) is 4.84. The first-order chi connectivity index (χ1) is 7.84. The summed E-state index contributed by atoms with van der Waals surface area (Å²) in [6, 6.07) is 2.04. The summed E-state index contributed by atoms with van der Waals surface area (Å²) in [4.78, 5) is 14.4. The van der Waals surface area contributed by atoms with Crippen molar-refractivity contribution in [3.63, 3.8) is 0 Å². The number of hydrogen-bond donors (Lipinski definition) is 0. The predicted molar refractivity (Wildman–Crippen MR) is 64.4 cm³/mol. The van der Waals surface area contributed by atoms with E-state index >= 15 is 0 Å². The highest BCUT2D eigenvalue weighted by atomic mass is 16.1. The van der Waals surface area contributed by atoms with Crippen LogP contribution in [0, 0.1) is 0 Å². The molecule has 0 aromatic rings. The van der Waals surface area contributed by atoms with Gasteiger partial charge in [0.1, 0.15) is 5.78 Å². The summed E-state index contributed by atoms with van der Waals surface area (Å²) < 4.78 is 0. The Hall–Kier alpha value is -0.370. The fourth-order valence-electron chi connectivity index (χ4n) is 4.18. The van der Waals surface area contributed by atoms with Crippen LogP contribution >= 0.6 is 0 Å². The van der Waals surface area contributed by atoms with Gasteiger partial charge in [0, 0.05) is 31.0 Å². The second-order valence-electron chi connectivity index (χ2n) is 5.92. The Morgan fingerprint density at radius 1 is 0.750 bits per heavy atom.